The second kappa shape index (κ2) is 9.94. The molecule has 2 aromatic carbocycles. The van der Waals surface area contributed by atoms with Crippen LogP contribution in [0.5, 0.6) is 11.5 Å². The summed E-state index contributed by atoms with van der Waals surface area (Å²) in [6, 6.07) is 12.6. The highest BCUT2D eigenvalue weighted by Gasteiger charge is 2.31. The van der Waals surface area contributed by atoms with E-state index in [4.69, 9.17) is 14.2 Å². The van der Waals surface area contributed by atoms with E-state index in [0.717, 1.165) is 5.56 Å². The number of amides is 2. The number of benzene rings is 2. The lowest BCUT2D eigenvalue weighted by Gasteiger charge is -2.31. The molecule has 0 aromatic heterocycles. The third kappa shape index (κ3) is 5.27. The van der Waals surface area contributed by atoms with Crippen molar-refractivity contribution < 1.29 is 28.6 Å². The number of rotatable bonds is 5. The van der Waals surface area contributed by atoms with Crippen LogP contribution < -0.4 is 14.8 Å². The van der Waals surface area contributed by atoms with Crippen LogP contribution in [-0.2, 0) is 14.3 Å². The molecule has 1 unspecified atom stereocenters. The Kier molecular flexibility index (Phi) is 6.82. The molecular formula is C25H28N2O6. The highest BCUT2D eigenvalue weighted by molar-refractivity contribution is 5.96. The van der Waals surface area contributed by atoms with Gasteiger partial charge in [0.05, 0.1) is 5.92 Å². The normalized spacial score (nSPS) is 16.6. The van der Waals surface area contributed by atoms with Crippen LogP contribution in [0.3, 0.4) is 0 Å². The number of esters is 1. The SMILES string of the molecule is Cc1ccccc1C(=O)N1CCC(C(=O)OC(C)C(=O)Nc2ccc3c(c2)OCCO3)CC1. The first-order valence-corrected chi connectivity index (χ1v) is 11.2. The summed E-state index contributed by atoms with van der Waals surface area (Å²) < 4.78 is 16.4. The predicted molar refractivity (Wildman–Crippen MR) is 121 cm³/mol. The van der Waals surface area contributed by atoms with Crippen LogP contribution in [0.4, 0.5) is 5.69 Å². The van der Waals surface area contributed by atoms with E-state index in [1.165, 1.54) is 0 Å². The van der Waals surface area contributed by atoms with Gasteiger partial charge in [-0.15, -0.1) is 0 Å². The smallest absolute Gasteiger partial charge is 0.309 e. The lowest BCUT2D eigenvalue weighted by atomic mass is 9.96. The molecule has 0 radical (unpaired) electrons. The summed E-state index contributed by atoms with van der Waals surface area (Å²) in [5.74, 6) is -0.000703. The molecule has 8 heteroatoms. The number of piperidine rings is 1. The Hall–Kier alpha value is -3.55. The van der Waals surface area contributed by atoms with Crippen molar-refractivity contribution in [3.63, 3.8) is 0 Å². The minimum absolute atomic E-state index is 0.0212. The van der Waals surface area contributed by atoms with Crippen molar-refractivity contribution in [2.75, 3.05) is 31.6 Å². The average Bonchev–Trinajstić information content (AvgIpc) is 2.84. The first kappa shape index (κ1) is 22.6. The Morgan fingerprint density at radius 2 is 1.73 bits per heavy atom. The molecule has 1 fully saturated rings. The molecule has 1 N–H and O–H groups in total. The van der Waals surface area contributed by atoms with E-state index in [0.29, 0.717) is 61.9 Å². The Morgan fingerprint density at radius 1 is 1.03 bits per heavy atom. The standard InChI is InChI=1S/C25H28N2O6/c1-16-5-3-4-6-20(16)24(29)27-11-9-18(10-12-27)25(30)33-17(2)23(28)26-19-7-8-21-22(15-19)32-14-13-31-21/h3-8,15,17-18H,9-14H2,1-2H3,(H,26,28). The molecule has 2 amide bonds. The third-order valence-corrected chi connectivity index (χ3v) is 5.96. The fourth-order valence-corrected chi connectivity index (χ4v) is 3.99. The number of hydrogen-bond acceptors (Lipinski definition) is 6. The maximum absolute atomic E-state index is 12.8. The van der Waals surface area contributed by atoms with Crippen molar-refractivity contribution >= 4 is 23.5 Å². The van der Waals surface area contributed by atoms with Crippen LogP contribution in [-0.4, -0.2) is 55.1 Å². The molecule has 0 aliphatic carbocycles. The molecule has 33 heavy (non-hydrogen) atoms. The van der Waals surface area contributed by atoms with Gasteiger partial charge in [0.2, 0.25) is 0 Å². The molecule has 2 heterocycles. The molecule has 2 aliphatic rings. The molecule has 0 bridgehead atoms. The number of hydrogen-bond donors (Lipinski definition) is 1. The Bertz CT molecular complexity index is 1040. The van der Waals surface area contributed by atoms with Crippen LogP contribution in [0.2, 0.25) is 0 Å². The van der Waals surface area contributed by atoms with Crippen molar-refractivity contribution in [3.05, 3.63) is 53.6 Å². The van der Waals surface area contributed by atoms with Crippen molar-refractivity contribution in [2.45, 2.75) is 32.8 Å². The minimum Gasteiger partial charge on any atom is -0.486 e. The Labute approximate surface area is 192 Å². The molecule has 1 atom stereocenters. The topological polar surface area (TPSA) is 94.2 Å². The fourth-order valence-electron chi connectivity index (χ4n) is 3.99. The number of nitrogens with zero attached hydrogens (tertiary/aromatic N) is 1. The third-order valence-electron chi connectivity index (χ3n) is 5.96. The van der Waals surface area contributed by atoms with Gasteiger partial charge in [0.15, 0.2) is 17.6 Å². The van der Waals surface area contributed by atoms with Crippen molar-refractivity contribution in [1.29, 1.82) is 0 Å². The largest absolute Gasteiger partial charge is 0.486 e. The van der Waals surface area contributed by atoms with Crippen molar-refractivity contribution in [3.8, 4) is 11.5 Å². The second-order valence-corrected chi connectivity index (χ2v) is 8.31. The van der Waals surface area contributed by atoms with Gasteiger partial charge < -0.3 is 24.4 Å². The monoisotopic (exact) mass is 452 g/mol. The molecule has 2 aliphatic heterocycles. The highest BCUT2D eigenvalue weighted by Crippen LogP contribution is 2.32. The van der Waals surface area contributed by atoms with Crippen LogP contribution in [0.15, 0.2) is 42.5 Å². The van der Waals surface area contributed by atoms with E-state index >= 15 is 0 Å². The van der Waals surface area contributed by atoms with Gasteiger partial charge in [-0.1, -0.05) is 18.2 Å². The number of carbonyl (C=O) groups excluding carboxylic acids is 3. The lowest BCUT2D eigenvalue weighted by molar-refractivity contribution is -0.158. The zero-order chi connectivity index (χ0) is 23.4. The second-order valence-electron chi connectivity index (χ2n) is 8.31. The Morgan fingerprint density at radius 3 is 2.45 bits per heavy atom. The molecule has 2 aromatic rings. The quantitative estimate of drug-likeness (QED) is 0.701. The molecule has 1 saturated heterocycles. The number of aryl methyl sites for hydroxylation is 1. The number of ether oxygens (including phenoxy) is 3. The predicted octanol–water partition coefficient (Wildman–Crippen LogP) is 3.19. The molecule has 174 valence electrons. The first-order chi connectivity index (χ1) is 15.9. The van der Waals surface area contributed by atoms with E-state index in [1.54, 1.807) is 30.0 Å². The maximum Gasteiger partial charge on any atom is 0.309 e. The molecule has 0 spiro atoms. The highest BCUT2D eigenvalue weighted by atomic mass is 16.6. The Balaban J connectivity index is 1.26. The summed E-state index contributed by atoms with van der Waals surface area (Å²) in [4.78, 5) is 39.7. The van der Waals surface area contributed by atoms with Crippen LogP contribution >= 0.6 is 0 Å². The number of fused-ring (bicyclic) bond motifs is 1. The van der Waals surface area contributed by atoms with Crippen LogP contribution in [0.25, 0.3) is 0 Å². The van der Waals surface area contributed by atoms with Gasteiger partial charge in [0, 0.05) is 30.4 Å². The van der Waals surface area contributed by atoms with E-state index in [-0.39, 0.29) is 11.8 Å². The molecule has 8 nitrogen and oxygen atoms in total. The van der Waals surface area contributed by atoms with Crippen LogP contribution in [0.1, 0.15) is 35.7 Å². The summed E-state index contributed by atoms with van der Waals surface area (Å²) in [7, 11) is 0. The summed E-state index contributed by atoms with van der Waals surface area (Å²) in [6.45, 7) is 5.35. The molecular weight excluding hydrogens is 424 g/mol. The van der Waals surface area contributed by atoms with Gasteiger partial charge in [-0.2, -0.15) is 0 Å². The van der Waals surface area contributed by atoms with E-state index in [9.17, 15) is 14.4 Å². The fraction of sp³-hybridized carbons (Fsp3) is 0.400. The number of nitrogens with one attached hydrogen (secondary N) is 1. The number of anilines is 1. The maximum atomic E-state index is 12.8. The number of carbonyl (C=O) groups is 3. The lowest BCUT2D eigenvalue weighted by Crippen LogP contribution is -2.42. The summed E-state index contributed by atoms with van der Waals surface area (Å²) in [6.07, 6.45) is 0.0669. The van der Waals surface area contributed by atoms with Gasteiger partial charge in [-0.25, -0.2) is 0 Å². The van der Waals surface area contributed by atoms with Gasteiger partial charge in [-0.05, 0) is 50.5 Å². The zero-order valence-corrected chi connectivity index (χ0v) is 18.8. The zero-order valence-electron chi connectivity index (χ0n) is 18.8. The summed E-state index contributed by atoms with van der Waals surface area (Å²) in [5.41, 5.74) is 2.15. The van der Waals surface area contributed by atoms with Gasteiger partial charge >= 0.3 is 5.97 Å². The van der Waals surface area contributed by atoms with Crippen molar-refractivity contribution in [2.24, 2.45) is 5.92 Å². The molecule has 4 rings (SSSR count). The number of likely N-dealkylation sites (tertiary alicyclic amines) is 1. The van der Waals surface area contributed by atoms with E-state index in [1.807, 2.05) is 31.2 Å². The van der Waals surface area contributed by atoms with Gasteiger partial charge in [-0.3, -0.25) is 14.4 Å². The van der Waals surface area contributed by atoms with Gasteiger partial charge in [0.25, 0.3) is 11.8 Å². The summed E-state index contributed by atoms with van der Waals surface area (Å²) in [5, 5.41) is 2.74. The van der Waals surface area contributed by atoms with Crippen LogP contribution in [0, 0.1) is 12.8 Å². The van der Waals surface area contributed by atoms with E-state index < -0.39 is 18.0 Å². The minimum atomic E-state index is -0.947. The van der Waals surface area contributed by atoms with Crippen molar-refractivity contribution in [1.82, 2.24) is 4.90 Å². The summed E-state index contributed by atoms with van der Waals surface area (Å²) >= 11 is 0. The molecule has 0 saturated carbocycles. The average molecular weight is 453 g/mol. The first-order valence-electron chi connectivity index (χ1n) is 11.2. The van der Waals surface area contributed by atoms with E-state index in [2.05, 4.69) is 5.32 Å². The van der Waals surface area contributed by atoms with Gasteiger partial charge in [0.1, 0.15) is 13.2 Å².